The number of piperidine rings is 1. The Labute approximate surface area is 210 Å². The van der Waals surface area contributed by atoms with E-state index in [1.807, 2.05) is 62.9 Å². The van der Waals surface area contributed by atoms with E-state index in [0.29, 0.717) is 23.8 Å². The summed E-state index contributed by atoms with van der Waals surface area (Å²) >= 11 is 0. The summed E-state index contributed by atoms with van der Waals surface area (Å²) in [4.78, 5) is 13.4. The summed E-state index contributed by atoms with van der Waals surface area (Å²) in [5, 5.41) is 14.0. The molecule has 4 aromatic rings. The van der Waals surface area contributed by atoms with Crippen molar-refractivity contribution in [3.8, 4) is 28.8 Å². The standard InChI is InChI=1S/C27H29N7O2/c1-32(2)13-14-35-23-15-24(27-21(16-28)18-31-34(27)19-23)20-6-7-25(30-17-20)33-11-8-22(9-12-33)36-26-5-3-4-10-29-26/h3-7,10,15,17-19,22H,8-9,11-14H2,1-2H3. The Balaban J connectivity index is 1.32. The average Bonchev–Trinajstić information content (AvgIpc) is 3.32. The molecule has 0 atom stereocenters. The van der Waals surface area contributed by atoms with E-state index in [2.05, 4.69) is 26.0 Å². The third-order valence-corrected chi connectivity index (χ3v) is 6.26. The van der Waals surface area contributed by atoms with Gasteiger partial charge in [0.15, 0.2) is 0 Å². The quantitative estimate of drug-likeness (QED) is 0.375. The van der Waals surface area contributed by atoms with Crippen LogP contribution in [-0.4, -0.2) is 70.9 Å². The summed E-state index contributed by atoms with van der Waals surface area (Å²) in [5.74, 6) is 2.30. The number of anilines is 1. The van der Waals surface area contributed by atoms with Gasteiger partial charge in [-0.2, -0.15) is 10.4 Å². The SMILES string of the molecule is CN(C)CCOc1cc(-c2ccc(N3CCC(Oc4ccccn4)CC3)nc2)c2c(C#N)cnn2c1. The second-order valence-electron chi connectivity index (χ2n) is 9.08. The Morgan fingerprint density at radius 3 is 2.67 bits per heavy atom. The number of fused-ring (bicyclic) bond motifs is 1. The summed E-state index contributed by atoms with van der Waals surface area (Å²) in [6.45, 7) is 3.09. The van der Waals surface area contributed by atoms with Crippen molar-refractivity contribution < 1.29 is 9.47 Å². The molecule has 0 spiro atoms. The second kappa shape index (κ2) is 10.6. The fourth-order valence-corrected chi connectivity index (χ4v) is 4.35. The smallest absolute Gasteiger partial charge is 0.213 e. The van der Waals surface area contributed by atoms with Gasteiger partial charge >= 0.3 is 0 Å². The van der Waals surface area contributed by atoms with Crippen molar-refractivity contribution in [3.05, 3.63) is 66.7 Å². The largest absolute Gasteiger partial charge is 0.491 e. The summed E-state index contributed by atoms with van der Waals surface area (Å²) < 4.78 is 13.7. The van der Waals surface area contributed by atoms with Gasteiger partial charge in [-0.25, -0.2) is 14.5 Å². The number of rotatable bonds is 8. The molecule has 9 heteroatoms. The Morgan fingerprint density at radius 2 is 1.97 bits per heavy atom. The Bertz CT molecular complexity index is 1340. The van der Waals surface area contributed by atoms with Gasteiger partial charge in [-0.05, 0) is 38.4 Å². The molecule has 0 aromatic carbocycles. The van der Waals surface area contributed by atoms with Gasteiger partial charge in [0, 0.05) is 62.1 Å². The number of pyridine rings is 3. The first kappa shape index (κ1) is 23.6. The topological polar surface area (TPSA) is 91.8 Å². The minimum Gasteiger partial charge on any atom is -0.491 e. The van der Waals surface area contributed by atoms with E-state index in [4.69, 9.17) is 14.5 Å². The molecule has 5 heterocycles. The second-order valence-corrected chi connectivity index (χ2v) is 9.08. The number of aromatic nitrogens is 4. The van der Waals surface area contributed by atoms with E-state index in [0.717, 1.165) is 54.9 Å². The van der Waals surface area contributed by atoms with Gasteiger partial charge in [0.2, 0.25) is 5.88 Å². The fraction of sp³-hybridized carbons (Fsp3) is 0.333. The fourth-order valence-electron chi connectivity index (χ4n) is 4.35. The normalized spacial score (nSPS) is 14.2. The van der Waals surface area contributed by atoms with Crippen LogP contribution in [0.15, 0.2) is 61.2 Å². The van der Waals surface area contributed by atoms with Crippen LogP contribution in [0.4, 0.5) is 5.82 Å². The highest BCUT2D eigenvalue weighted by Crippen LogP contribution is 2.31. The van der Waals surface area contributed by atoms with Crippen LogP contribution in [0.25, 0.3) is 16.6 Å². The van der Waals surface area contributed by atoms with Crippen LogP contribution in [0.3, 0.4) is 0 Å². The molecular formula is C27H29N7O2. The summed E-state index contributed by atoms with van der Waals surface area (Å²) in [6, 6.07) is 14.0. The van der Waals surface area contributed by atoms with Crippen LogP contribution >= 0.6 is 0 Å². The molecule has 184 valence electrons. The number of hydrogen-bond donors (Lipinski definition) is 0. The monoisotopic (exact) mass is 483 g/mol. The van der Waals surface area contributed by atoms with E-state index < -0.39 is 0 Å². The summed E-state index contributed by atoms with van der Waals surface area (Å²) in [6.07, 6.45) is 8.99. The molecule has 0 unspecified atom stereocenters. The van der Waals surface area contributed by atoms with Gasteiger partial charge in [0.1, 0.15) is 30.3 Å². The molecule has 1 fully saturated rings. The number of nitrogens with zero attached hydrogens (tertiary/aromatic N) is 7. The Hall–Kier alpha value is -4.16. The molecule has 0 aliphatic carbocycles. The average molecular weight is 484 g/mol. The first-order valence-electron chi connectivity index (χ1n) is 12.1. The number of nitriles is 1. The molecule has 9 nitrogen and oxygen atoms in total. The lowest BCUT2D eigenvalue weighted by Gasteiger charge is -2.32. The molecule has 1 saturated heterocycles. The molecule has 4 aromatic heterocycles. The Kier molecular flexibility index (Phi) is 6.96. The van der Waals surface area contributed by atoms with Crippen LogP contribution in [0.2, 0.25) is 0 Å². The van der Waals surface area contributed by atoms with Crippen molar-refractivity contribution in [2.24, 2.45) is 0 Å². The lowest BCUT2D eigenvalue weighted by atomic mass is 10.0. The van der Waals surface area contributed by atoms with E-state index in [9.17, 15) is 5.26 Å². The van der Waals surface area contributed by atoms with Crippen molar-refractivity contribution in [3.63, 3.8) is 0 Å². The zero-order chi connectivity index (χ0) is 24.9. The molecule has 0 saturated carbocycles. The molecule has 36 heavy (non-hydrogen) atoms. The van der Waals surface area contributed by atoms with E-state index in [1.165, 1.54) is 0 Å². The van der Waals surface area contributed by atoms with Gasteiger partial charge in [0.25, 0.3) is 0 Å². The van der Waals surface area contributed by atoms with Crippen LogP contribution in [-0.2, 0) is 0 Å². The van der Waals surface area contributed by atoms with E-state index >= 15 is 0 Å². The minimum atomic E-state index is 0.158. The number of hydrogen-bond acceptors (Lipinski definition) is 8. The van der Waals surface area contributed by atoms with Crippen molar-refractivity contribution >= 4 is 11.3 Å². The van der Waals surface area contributed by atoms with Crippen LogP contribution in [0.5, 0.6) is 11.6 Å². The number of likely N-dealkylation sites (N-methyl/N-ethyl adjacent to an activating group) is 1. The molecule has 0 N–H and O–H groups in total. The van der Waals surface area contributed by atoms with Crippen molar-refractivity contribution in [1.82, 2.24) is 24.5 Å². The highest BCUT2D eigenvalue weighted by Gasteiger charge is 2.22. The zero-order valence-electron chi connectivity index (χ0n) is 20.5. The van der Waals surface area contributed by atoms with Crippen LogP contribution in [0.1, 0.15) is 18.4 Å². The molecular weight excluding hydrogens is 454 g/mol. The van der Waals surface area contributed by atoms with Gasteiger partial charge in [-0.1, -0.05) is 6.07 Å². The lowest BCUT2D eigenvalue weighted by Crippen LogP contribution is -2.38. The zero-order valence-corrected chi connectivity index (χ0v) is 20.5. The van der Waals surface area contributed by atoms with Gasteiger partial charge in [-0.3, -0.25) is 0 Å². The minimum absolute atomic E-state index is 0.158. The maximum atomic E-state index is 9.62. The first-order valence-corrected chi connectivity index (χ1v) is 12.1. The van der Waals surface area contributed by atoms with Crippen molar-refractivity contribution in [1.29, 1.82) is 5.26 Å². The summed E-state index contributed by atoms with van der Waals surface area (Å²) in [7, 11) is 4.02. The third-order valence-electron chi connectivity index (χ3n) is 6.26. The molecule has 0 radical (unpaired) electrons. The maximum absolute atomic E-state index is 9.62. The van der Waals surface area contributed by atoms with E-state index in [-0.39, 0.29) is 6.10 Å². The van der Waals surface area contributed by atoms with Gasteiger partial charge in [-0.15, -0.1) is 0 Å². The van der Waals surface area contributed by atoms with Crippen molar-refractivity contribution in [2.75, 3.05) is 45.2 Å². The highest BCUT2D eigenvalue weighted by atomic mass is 16.5. The first-order chi connectivity index (χ1) is 17.6. The molecule has 1 aliphatic heterocycles. The Morgan fingerprint density at radius 1 is 1.11 bits per heavy atom. The highest BCUT2D eigenvalue weighted by molar-refractivity contribution is 5.85. The third kappa shape index (κ3) is 5.24. The summed E-state index contributed by atoms with van der Waals surface area (Å²) in [5.41, 5.74) is 3.04. The van der Waals surface area contributed by atoms with Gasteiger partial charge < -0.3 is 19.3 Å². The van der Waals surface area contributed by atoms with E-state index in [1.54, 1.807) is 16.9 Å². The molecule has 1 aliphatic rings. The predicted molar refractivity (Wildman–Crippen MR) is 137 cm³/mol. The molecule has 0 bridgehead atoms. The van der Waals surface area contributed by atoms with Crippen LogP contribution < -0.4 is 14.4 Å². The number of ether oxygens (including phenoxy) is 2. The van der Waals surface area contributed by atoms with Gasteiger partial charge in [0.05, 0.1) is 23.5 Å². The van der Waals surface area contributed by atoms with Crippen molar-refractivity contribution in [2.45, 2.75) is 18.9 Å². The maximum Gasteiger partial charge on any atom is 0.213 e. The molecule has 5 rings (SSSR count). The predicted octanol–water partition coefficient (Wildman–Crippen LogP) is 3.65. The lowest BCUT2D eigenvalue weighted by molar-refractivity contribution is 0.164. The van der Waals surface area contributed by atoms with Crippen LogP contribution in [0, 0.1) is 11.3 Å². The molecule has 0 amide bonds.